The van der Waals surface area contributed by atoms with Gasteiger partial charge >= 0.3 is 5.97 Å². The second kappa shape index (κ2) is 5.78. The molecule has 3 fully saturated rings. The Balaban J connectivity index is 1.64. The van der Waals surface area contributed by atoms with Gasteiger partial charge < -0.3 is 9.53 Å². The highest BCUT2D eigenvalue weighted by molar-refractivity contribution is 5.87. The fourth-order valence-corrected chi connectivity index (χ4v) is 6.66. The van der Waals surface area contributed by atoms with E-state index < -0.39 is 0 Å². The number of carbonyl (C=O) groups is 3. The van der Waals surface area contributed by atoms with Gasteiger partial charge in [-0.05, 0) is 56.3 Å². The summed E-state index contributed by atoms with van der Waals surface area (Å²) in [6, 6.07) is 0. The molecule has 0 unspecified atom stereocenters. The first-order valence-corrected chi connectivity index (χ1v) is 9.77. The highest BCUT2D eigenvalue weighted by Crippen LogP contribution is 2.63. The maximum absolute atomic E-state index is 12.4. The Morgan fingerprint density at radius 3 is 2.76 bits per heavy atom. The van der Waals surface area contributed by atoms with Gasteiger partial charge in [-0.3, -0.25) is 9.59 Å². The van der Waals surface area contributed by atoms with Gasteiger partial charge in [-0.15, -0.1) is 0 Å². The van der Waals surface area contributed by atoms with Gasteiger partial charge in [0.15, 0.2) is 0 Å². The summed E-state index contributed by atoms with van der Waals surface area (Å²) in [6.07, 6.45) is 10.2. The third kappa shape index (κ3) is 2.36. The topological polar surface area (TPSA) is 60.4 Å². The summed E-state index contributed by atoms with van der Waals surface area (Å²) in [4.78, 5) is 36.1. The number of carbonyl (C=O) groups excluding carboxylic acids is 3. The van der Waals surface area contributed by atoms with Gasteiger partial charge in [0.05, 0.1) is 5.41 Å². The zero-order valence-electron chi connectivity index (χ0n) is 15.3. The Morgan fingerprint density at radius 2 is 2.04 bits per heavy atom. The third-order valence-corrected chi connectivity index (χ3v) is 7.91. The summed E-state index contributed by atoms with van der Waals surface area (Å²) < 4.78 is 5.42. The molecule has 0 aromatic carbocycles. The van der Waals surface area contributed by atoms with Crippen molar-refractivity contribution in [2.24, 2.45) is 28.6 Å². The van der Waals surface area contributed by atoms with Crippen LogP contribution in [-0.4, -0.2) is 24.1 Å². The lowest BCUT2D eigenvalue weighted by Crippen LogP contribution is -2.52. The quantitative estimate of drug-likeness (QED) is 0.436. The molecule has 4 nitrogen and oxygen atoms in total. The van der Waals surface area contributed by atoms with Crippen LogP contribution < -0.4 is 0 Å². The molecule has 0 radical (unpaired) electrons. The van der Waals surface area contributed by atoms with E-state index in [1.54, 1.807) is 0 Å². The summed E-state index contributed by atoms with van der Waals surface area (Å²) in [5.41, 5.74) is 0.645. The van der Waals surface area contributed by atoms with Crippen LogP contribution in [0.4, 0.5) is 0 Å². The monoisotopic (exact) mass is 344 g/mol. The number of Topliss-reactive ketones (excluding diaryl/α,β-unsaturated/α-hetero) is 1. The Morgan fingerprint density at radius 1 is 1.24 bits per heavy atom. The molecule has 25 heavy (non-hydrogen) atoms. The van der Waals surface area contributed by atoms with Crippen LogP contribution in [0.1, 0.15) is 65.2 Å². The summed E-state index contributed by atoms with van der Waals surface area (Å²) in [5.74, 6) is 1.43. The molecule has 3 saturated carbocycles. The maximum atomic E-state index is 12.4. The number of ketones is 1. The number of hydrogen-bond donors (Lipinski definition) is 0. The van der Waals surface area contributed by atoms with Gasteiger partial charge in [-0.1, -0.05) is 18.6 Å². The van der Waals surface area contributed by atoms with Crippen molar-refractivity contribution in [2.45, 2.75) is 71.3 Å². The lowest BCUT2D eigenvalue weighted by Gasteiger charge is -2.55. The minimum absolute atomic E-state index is 0.0877. The number of allylic oxidation sites excluding steroid dienone is 1. The average Bonchev–Trinajstić information content (AvgIpc) is 2.89. The van der Waals surface area contributed by atoms with Gasteiger partial charge in [-0.2, -0.15) is 0 Å². The zero-order valence-corrected chi connectivity index (χ0v) is 15.3. The van der Waals surface area contributed by atoms with Crippen molar-refractivity contribution in [1.82, 2.24) is 0 Å². The van der Waals surface area contributed by atoms with E-state index in [2.05, 4.69) is 13.0 Å². The normalized spacial score (nSPS) is 45.7. The molecule has 0 heterocycles. The van der Waals surface area contributed by atoms with Crippen molar-refractivity contribution in [1.29, 1.82) is 0 Å². The second-order valence-electron chi connectivity index (χ2n) is 8.89. The molecule has 4 aliphatic rings. The molecule has 6 atom stereocenters. The number of fused-ring (bicyclic) bond motifs is 5. The van der Waals surface area contributed by atoms with Crippen LogP contribution in [0.2, 0.25) is 0 Å². The van der Waals surface area contributed by atoms with Gasteiger partial charge in [0.25, 0.3) is 0 Å². The second-order valence-corrected chi connectivity index (χ2v) is 8.89. The van der Waals surface area contributed by atoms with Crippen molar-refractivity contribution < 1.29 is 19.1 Å². The van der Waals surface area contributed by atoms with E-state index in [0.29, 0.717) is 36.4 Å². The average molecular weight is 344 g/mol. The number of aldehydes is 1. The van der Waals surface area contributed by atoms with Crippen LogP contribution in [0.15, 0.2) is 11.6 Å². The summed E-state index contributed by atoms with van der Waals surface area (Å²) >= 11 is 0. The first-order valence-electron chi connectivity index (χ1n) is 9.77. The van der Waals surface area contributed by atoms with Crippen molar-refractivity contribution >= 4 is 18.0 Å². The van der Waals surface area contributed by atoms with E-state index in [1.165, 1.54) is 18.8 Å². The van der Waals surface area contributed by atoms with Crippen LogP contribution in [-0.2, 0) is 19.1 Å². The lowest BCUT2D eigenvalue weighted by atomic mass is 9.48. The summed E-state index contributed by atoms with van der Waals surface area (Å²) in [5, 5.41) is 0. The van der Waals surface area contributed by atoms with Gasteiger partial charge in [0.2, 0.25) is 0 Å². The predicted octanol–water partition coefficient (Wildman–Crippen LogP) is 3.63. The van der Waals surface area contributed by atoms with Crippen LogP contribution in [0.5, 0.6) is 0 Å². The Bertz CT molecular complexity index is 650. The van der Waals surface area contributed by atoms with Crippen LogP contribution in [0, 0.1) is 28.6 Å². The van der Waals surface area contributed by atoms with E-state index >= 15 is 0 Å². The molecular formula is C21H28O4. The molecule has 0 bridgehead atoms. The summed E-state index contributed by atoms with van der Waals surface area (Å²) in [6.45, 7) is 3.61. The van der Waals surface area contributed by atoms with E-state index in [0.717, 1.165) is 38.5 Å². The molecule has 0 amide bonds. The van der Waals surface area contributed by atoms with E-state index in [1.807, 2.05) is 0 Å². The van der Waals surface area contributed by atoms with Crippen molar-refractivity contribution in [3.63, 3.8) is 0 Å². The Hall–Kier alpha value is -1.45. The number of rotatable bonds is 2. The number of ether oxygens (including phenoxy) is 1. The molecule has 0 aromatic rings. The fraction of sp³-hybridized carbons (Fsp3) is 0.762. The molecule has 0 N–H and O–H groups in total. The fourth-order valence-electron chi connectivity index (χ4n) is 6.66. The smallest absolute Gasteiger partial charge is 0.302 e. The Labute approximate surface area is 149 Å². The molecule has 0 saturated heterocycles. The largest absolute Gasteiger partial charge is 0.462 e. The maximum Gasteiger partial charge on any atom is 0.302 e. The van der Waals surface area contributed by atoms with Crippen LogP contribution in [0.25, 0.3) is 0 Å². The molecule has 136 valence electrons. The zero-order chi connectivity index (χ0) is 17.8. The minimum Gasteiger partial charge on any atom is -0.462 e. The van der Waals surface area contributed by atoms with Crippen LogP contribution >= 0.6 is 0 Å². The van der Waals surface area contributed by atoms with Crippen molar-refractivity contribution in [3.8, 4) is 0 Å². The van der Waals surface area contributed by atoms with E-state index in [4.69, 9.17) is 4.74 Å². The van der Waals surface area contributed by atoms with Gasteiger partial charge in [-0.25, -0.2) is 0 Å². The van der Waals surface area contributed by atoms with E-state index in [-0.39, 0.29) is 22.9 Å². The SMILES string of the molecule is CC(=O)O[C@@H]1CC[C@@]2(C=O)C(=CC[C@@H]3[C@@H]2CC[C@]2(C)C(=O)CC[C@@H]32)C1. The lowest BCUT2D eigenvalue weighted by molar-refractivity contribution is -0.149. The number of esters is 1. The third-order valence-electron chi connectivity index (χ3n) is 7.91. The molecule has 0 aliphatic heterocycles. The number of hydrogen-bond acceptors (Lipinski definition) is 4. The minimum atomic E-state index is -0.382. The first-order chi connectivity index (χ1) is 11.9. The highest BCUT2D eigenvalue weighted by Gasteiger charge is 2.60. The molecule has 4 aliphatic carbocycles. The van der Waals surface area contributed by atoms with Crippen LogP contribution in [0.3, 0.4) is 0 Å². The Kier molecular flexibility index (Phi) is 3.93. The summed E-state index contributed by atoms with van der Waals surface area (Å²) in [7, 11) is 0. The molecule has 0 aromatic heterocycles. The molecule has 4 heteroatoms. The van der Waals surface area contributed by atoms with E-state index in [9.17, 15) is 14.4 Å². The molecule has 0 spiro atoms. The molecule has 4 rings (SSSR count). The van der Waals surface area contributed by atoms with Gasteiger partial charge in [0.1, 0.15) is 18.2 Å². The van der Waals surface area contributed by atoms with Crippen molar-refractivity contribution in [2.75, 3.05) is 0 Å². The van der Waals surface area contributed by atoms with Gasteiger partial charge in [0, 0.05) is 25.2 Å². The van der Waals surface area contributed by atoms with Crippen molar-refractivity contribution in [3.05, 3.63) is 11.6 Å². The standard InChI is InChI=1S/C21H28O4/c1-13(23)25-15-7-10-21(12-22)14(11-15)3-4-16-17-5-6-19(24)20(17,2)9-8-18(16)21/h3,12,15-18H,4-11H2,1-2H3/t15-,16+,17+,18+,20+,21-/m1/s1. The first kappa shape index (κ1) is 17.0. The molecular weight excluding hydrogens is 316 g/mol. The predicted molar refractivity (Wildman–Crippen MR) is 92.7 cm³/mol. The highest BCUT2D eigenvalue weighted by atomic mass is 16.5.